The minimum atomic E-state index is -0.453. The van der Waals surface area contributed by atoms with Crippen molar-refractivity contribution in [2.24, 2.45) is 7.05 Å². The third-order valence-corrected chi connectivity index (χ3v) is 4.41. The molecule has 0 bridgehead atoms. The summed E-state index contributed by atoms with van der Waals surface area (Å²) in [7, 11) is 4.86. The maximum atomic E-state index is 13.1. The number of benzene rings is 1. The number of methoxy groups -OCH3 is 2. The Hall–Kier alpha value is -2.76. The molecule has 1 atom stereocenters. The van der Waals surface area contributed by atoms with Gasteiger partial charge in [0, 0.05) is 18.3 Å². The van der Waals surface area contributed by atoms with Crippen molar-refractivity contribution in [3.63, 3.8) is 0 Å². The summed E-state index contributed by atoms with van der Waals surface area (Å²) in [5, 5.41) is 0. The fourth-order valence-electron chi connectivity index (χ4n) is 3.03. The van der Waals surface area contributed by atoms with Crippen LogP contribution < -0.4 is 9.47 Å². The number of ether oxygens (including phenoxy) is 3. The van der Waals surface area contributed by atoms with Crippen LogP contribution in [0.15, 0.2) is 24.3 Å². The Bertz CT molecular complexity index is 822. The molecule has 0 aliphatic carbocycles. The maximum Gasteiger partial charge on any atom is 0.314 e. The zero-order chi connectivity index (χ0) is 19.4. The van der Waals surface area contributed by atoms with E-state index in [4.69, 9.17) is 14.2 Å². The van der Waals surface area contributed by atoms with Crippen molar-refractivity contribution >= 4 is 11.8 Å². The molecule has 6 nitrogen and oxygen atoms in total. The van der Waals surface area contributed by atoms with Gasteiger partial charge in [0.15, 0.2) is 11.5 Å². The molecule has 0 radical (unpaired) electrons. The molecule has 140 valence electrons. The number of aryl methyl sites for hydroxylation is 1. The number of esters is 1. The molecular weight excluding hydrogens is 334 g/mol. The van der Waals surface area contributed by atoms with Crippen molar-refractivity contribution in [2.75, 3.05) is 20.8 Å². The third kappa shape index (κ3) is 3.59. The second-order valence-electron chi connectivity index (χ2n) is 6.03. The molecule has 0 spiro atoms. The van der Waals surface area contributed by atoms with Gasteiger partial charge in [0.05, 0.1) is 32.4 Å². The van der Waals surface area contributed by atoms with Gasteiger partial charge in [-0.25, -0.2) is 0 Å². The predicted molar refractivity (Wildman–Crippen MR) is 98.2 cm³/mol. The Labute approximate surface area is 153 Å². The molecule has 1 aromatic heterocycles. The van der Waals surface area contributed by atoms with Crippen LogP contribution in [0.3, 0.4) is 0 Å². The average molecular weight is 359 g/mol. The highest BCUT2D eigenvalue weighted by Crippen LogP contribution is 2.30. The highest BCUT2D eigenvalue weighted by atomic mass is 16.5. The smallest absolute Gasteiger partial charge is 0.314 e. The molecule has 0 saturated carbocycles. The summed E-state index contributed by atoms with van der Waals surface area (Å²) in [6.45, 7) is 5.73. The summed E-state index contributed by atoms with van der Waals surface area (Å²) in [4.78, 5) is 25.1. The van der Waals surface area contributed by atoms with E-state index in [9.17, 15) is 9.59 Å². The minimum absolute atomic E-state index is 0.145. The Balaban J connectivity index is 2.43. The maximum absolute atomic E-state index is 13.1. The molecule has 1 unspecified atom stereocenters. The summed E-state index contributed by atoms with van der Waals surface area (Å²) < 4.78 is 17.4. The number of carbonyl (C=O) groups excluding carboxylic acids is 2. The van der Waals surface area contributed by atoms with E-state index < -0.39 is 5.92 Å². The molecule has 1 aromatic carbocycles. The lowest BCUT2D eigenvalue weighted by atomic mass is 10.0. The first-order valence-electron chi connectivity index (χ1n) is 8.45. The molecule has 0 aliphatic rings. The molecular formula is C20H25NO5. The van der Waals surface area contributed by atoms with Crippen LogP contribution in [-0.4, -0.2) is 37.1 Å². The monoisotopic (exact) mass is 359 g/mol. The summed E-state index contributed by atoms with van der Waals surface area (Å²) in [6, 6.07) is 6.91. The van der Waals surface area contributed by atoms with Crippen LogP contribution in [-0.2, 0) is 16.6 Å². The zero-order valence-corrected chi connectivity index (χ0v) is 16.1. The highest BCUT2D eigenvalue weighted by Gasteiger charge is 2.25. The van der Waals surface area contributed by atoms with Crippen molar-refractivity contribution in [3.8, 4) is 11.5 Å². The molecule has 6 heteroatoms. The lowest BCUT2D eigenvalue weighted by Crippen LogP contribution is -2.17. The predicted octanol–water partition coefficient (Wildman–Crippen LogP) is 3.25. The lowest BCUT2D eigenvalue weighted by molar-refractivity contribution is -0.144. The van der Waals surface area contributed by atoms with Gasteiger partial charge < -0.3 is 18.8 Å². The number of carbonyl (C=O) groups is 2. The van der Waals surface area contributed by atoms with Gasteiger partial charge in [-0.1, -0.05) is 0 Å². The van der Waals surface area contributed by atoms with Gasteiger partial charge in [-0.05, 0) is 50.6 Å². The summed E-state index contributed by atoms with van der Waals surface area (Å²) >= 11 is 0. The van der Waals surface area contributed by atoms with Gasteiger partial charge >= 0.3 is 5.97 Å². The molecule has 0 amide bonds. The first kappa shape index (κ1) is 19.6. The quantitative estimate of drug-likeness (QED) is 0.561. The largest absolute Gasteiger partial charge is 0.493 e. The second kappa shape index (κ2) is 8.08. The Morgan fingerprint density at radius 2 is 1.77 bits per heavy atom. The van der Waals surface area contributed by atoms with Crippen molar-refractivity contribution in [1.82, 2.24) is 4.57 Å². The van der Waals surface area contributed by atoms with Crippen molar-refractivity contribution < 1.29 is 23.8 Å². The number of aromatic nitrogens is 1. The minimum Gasteiger partial charge on any atom is -0.493 e. The normalized spacial score (nSPS) is 11.8. The fourth-order valence-corrected chi connectivity index (χ4v) is 3.03. The number of hydrogen-bond donors (Lipinski definition) is 0. The molecule has 2 rings (SSSR count). The summed E-state index contributed by atoms with van der Waals surface area (Å²) in [6.07, 6.45) is 0. The molecule has 0 saturated heterocycles. The van der Waals surface area contributed by atoms with E-state index in [1.54, 1.807) is 50.8 Å². The van der Waals surface area contributed by atoms with Crippen LogP contribution in [0.1, 0.15) is 47.1 Å². The van der Waals surface area contributed by atoms with Gasteiger partial charge in [-0.3, -0.25) is 9.59 Å². The van der Waals surface area contributed by atoms with Gasteiger partial charge in [0.2, 0.25) is 5.78 Å². The van der Waals surface area contributed by atoms with Crippen LogP contribution in [0.2, 0.25) is 0 Å². The van der Waals surface area contributed by atoms with E-state index in [0.717, 1.165) is 11.3 Å². The number of rotatable bonds is 7. The van der Waals surface area contributed by atoms with E-state index in [2.05, 4.69) is 0 Å². The third-order valence-electron chi connectivity index (χ3n) is 4.41. The van der Waals surface area contributed by atoms with Crippen molar-refractivity contribution in [3.05, 3.63) is 46.8 Å². The molecule has 0 aliphatic heterocycles. The van der Waals surface area contributed by atoms with Crippen LogP contribution in [0.4, 0.5) is 0 Å². The number of nitrogens with zero attached hydrogens (tertiary/aromatic N) is 1. The topological polar surface area (TPSA) is 66.8 Å². The number of hydrogen-bond acceptors (Lipinski definition) is 5. The standard InChI is InChI=1S/C20H25NO5/c1-7-26-20(23)13(3)15-10-12(2)18(21(15)4)19(22)14-8-9-16(24-5)17(11-14)25-6/h8-11,13H,7H2,1-6H3. The van der Waals surface area contributed by atoms with Gasteiger partial charge in [-0.2, -0.15) is 0 Å². The van der Waals surface area contributed by atoms with E-state index in [1.807, 2.05) is 13.0 Å². The second-order valence-corrected chi connectivity index (χ2v) is 6.03. The summed E-state index contributed by atoms with van der Waals surface area (Å²) in [5.41, 5.74) is 2.56. The van der Waals surface area contributed by atoms with Crippen LogP contribution >= 0.6 is 0 Å². The summed E-state index contributed by atoms with van der Waals surface area (Å²) in [5.74, 6) is 0.145. The van der Waals surface area contributed by atoms with Crippen molar-refractivity contribution in [2.45, 2.75) is 26.7 Å². The van der Waals surface area contributed by atoms with E-state index in [1.165, 1.54) is 7.11 Å². The van der Waals surface area contributed by atoms with E-state index in [-0.39, 0.29) is 11.8 Å². The Morgan fingerprint density at radius 3 is 2.35 bits per heavy atom. The van der Waals surface area contributed by atoms with E-state index >= 15 is 0 Å². The molecule has 0 N–H and O–H groups in total. The van der Waals surface area contributed by atoms with Crippen molar-refractivity contribution in [1.29, 1.82) is 0 Å². The highest BCUT2D eigenvalue weighted by molar-refractivity contribution is 6.09. The molecule has 2 aromatic rings. The van der Waals surface area contributed by atoms with E-state index in [0.29, 0.717) is 29.4 Å². The molecule has 0 fully saturated rings. The van der Waals surface area contributed by atoms with Gasteiger partial charge in [0.1, 0.15) is 0 Å². The molecule has 1 heterocycles. The van der Waals surface area contributed by atoms with Crippen LogP contribution in [0.25, 0.3) is 0 Å². The molecule has 26 heavy (non-hydrogen) atoms. The lowest BCUT2D eigenvalue weighted by Gasteiger charge is -2.14. The number of ketones is 1. The SMILES string of the molecule is CCOC(=O)C(C)c1cc(C)c(C(=O)c2ccc(OC)c(OC)c2)n1C. The van der Waals surface area contributed by atoms with Crippen LogP contribution in [0, 0.1) is 6.92 Å². The Kier molecular flexibility index (Phi) is 6.08. The van der Waals surface area contributed by atoms with Gasteiger partial charge in [-0.15, -0.1) is 0 Å². The first-order chi connectivity index (χ1) is 12.3. The fraction of sp³-hybridized carbons (Fsp3) is 0.400. The first-order valence-corrected chi connectivity index (χ1v) is 8.45. The van der Waals surface area contributed by atoms with Gasteiger partial charge in [0.25, 0.3) is 0 Å². The Morgan fingerprint density at radius 1 is 1.12 bits per heavy atom. The zero-order valence-electron chi connectivity index (χ0n) is 16.1. The van der Waals surface area contributed by atoms with Crippen LogP contribution in [0.5, 0.6) is 11.5 Å². The average Bonchev–Trinajstić information content (AvgIpc) is 2.94.